The molecule has 1 fully saturated rings. The molecular weight excluding hydrogens is 202 g/mol. The molecule has 1 N–H and O–H groups in total. The van der Waals surface area contributed by atoms with Gasteiger partial charge in [-0.3, -0.25) is 0 Å². The lowest BCUT2D eigenvalue weighted by Crippen LogP contribution is -2.25. The number of hydrogen-bond donors (Lipinski definition) is 1. The first-order chi connectivity index (χ1) is 7.75. The van der Waals surface area contributed by atoms with Gasteiger partial charge in [0.2, 0.25) is 0 Å². The maximum Gasteiger partial charge on any atom is 0.165 e. The number of hydrogen-bond acceptors (Lipinski definition) is 4. The summed E-state index contributed by atoms with van der Waals surface area (Å²) in [6, 6.07) is 0.469. The van der Waals surface area contributed by atoms with Crippen molar-refractivity contribution in [3.8, 4) is 0 Å². The normalized spacial score (nSPS) is 16.7. The molecule has 1 aromatic heterocycles. The molecule has 0 saturated heterocycles. The fourth-order valence-electron chi connectivity index (χ4n) is 1.91. The van der Waals surface area contributed by atoms with Crippen molar-refractivity contribution in [2.75, 3.05) is 0 Å². The third-order valence-electron chi connectivity index (χ3n) is 3.25. The van der Waals surface area contributed by atoms with Gasteiger partial charge < -0.3 is 5.32 Å². The Bertz CT molecular complexity index is 316. The molecule has 1 aliphatic rings. The number of nitrogens with one attached hydrogen (secondary N) is 1. The highest BCUT2D eigenvalue weighted by atomic mass is 15.5. The second-order valence-electron chi connectivity index (χ2n) is 4.94. The largest absolute Gasteiger partial charge is 0.308 e. The minimum absolute atomic E-state index is 0.469. The molecule has 0 bridgehead atoms. The van der Waals surface area contributed by atoms with Crippen molar-refractivity contribution in [3.63, 3.8) is 0 Å². The Morgan fingerprint density at radius 3 is 2.88 bits per heavy atom. The summed E-state index contributed by atoms with van der Waals surface area (Å²) in [4.78, 5) is 0. The molecule has 5 nitrogen and oxygen atoms in total. The molecule has 90 valence electrons. The van der Waals surface area contributed by atoms with E-state index >= 15 is 0 Å². The van der Waals surface area contributed by atoms with Crippen LogP contribution in [0.25, 0.3) is 0 Å². The lowest BCUT2D eigenvalue weighted by atomic mass is 9.83. The average molecular weight is 223 g/mol. The molecule has 1 aromatic rings. The van der Waals surface area contributed by atoms with Gasteiger partial charge in [0.05, 0.1) is 6.54 Å². The Kier molecular flexibility index (Phi) is 3.88. The van der Waals surface area contributed by atoms with E-state index in [1.807, 2.05) is 4.68 Å². The maximum atomic E-state index is 4.05. The van der Waals surface area contributed by atoms with Gasteiger partial charge in [-0.15, -0.1) is 5.10 Å². The van der Waals surface area contributed by atoms with E-state index in [1.165, 1.54) is 25.7 Å². The summed E-state index contributed by atoms with van der Waals surface area (Å²) in [7, 11) is 0. The molecule has 16 heavy (non-hydrogen) atoms. The van der Waals surface area contributed by atoms with Crippen LogP contribution in [-0.4, -0.2) is 26.2 Å². The van der Waals surface area contributed by atoms with E-state index in [0.29, 0.717) is 6.04 Å². The first-order valence-electron chi connectivity index (χ1n) is 6.24. The molecule has 0 amide bonds. The van der Waals surface area contributed by atoms with Gasteiger partial charge in [-0.25, -0.2) is 4.68 Å². The standard InChI is InChI=1S/C11H21N5/c1-9(2)12-8-11-13-14-15-16(11)7-6-10-4-3-5-10/h9-10,12H,3-8H2,1-2H3. The number of tetrazole rings is 1. The average Bonchev–Trinajstić information content (AvgIpc) is 2.60. The minimum Gasteiger partial charge on any atom is -0.308 e. The fourth-order valence-corrected chi connectivity index (χ4v) is 1.91. The van der Waals surface area contributed by atoms with Crippen molar-refractivity contribution in [2.24, 2.45) is 5.92 Å². The summed E-state index contributed by atoms with van der Waals surface area (Å²) in [5.74, 6) is 1.86. The van der Waals surface area contributed by atoms with E-state index < -0.39 is 0 Å². The van der Waals surface area contributed by atoms with Gasteiger partial charge in [0.1, 0.15) is 0 Å². The zero-order valence-corrected chi connectivity index (χ0v) is 10.2. The Morgan fingerprint density at radius 2 is 2.25 bits per heavy atom. The monoisotopic (exact) mass is 223 g/mol. The zero-order chi connectivity index (χ0) is 11.4. The molecule has 0 aromatic carbocycles. The molecule has 1 saturated carbocycles. The van der Waals surface area contributed by atoms with Crippen LogP contribution in [0, 0.1) is 5.92 Å². The van der Waals surface area contributed by atoms with Crippen molar-refractivity contribution in [1.82, 2.24) is 25.5 Å². The summed E-state index contributed by atoms with van der Waals surface area (Å²) < 4.78 is 1.94. The van der Waals surface area contributed by atoms with Gasteiger partial charge in [-0.2, -0.15) is 0 Å². The van der Waals surface area contributed by atoms with E-state index in [0.717, 1.165) is 24.8 Å². The van der Waals surface area contributed by atoms with Gasteiger partial charge in [0.25, 0.3) is 0 Å². The van der Waals surface area contributed by atoms with Crippen LogP contribution >= 0.6 is 0 Å². The summed E-state index contributed by atoms with van der Waals surface area (Å²) >= 11 is 0. The van der Waals surface area contributed by atoms with Crippen LogP contribution < -0.4 is 5.32 Å². The van der Waals surface area contributed by atoms with Crippen LogP contribution in [0.4, 0.5) is 0 Å². The first-order valence-corrected chi connectivity index (χ1v) is 6.24. The molecule has 0 atom stereocenters. The lowest BCUT2D eigenvalue weighted by Gasteiger charge is -2.25. The van der Waals surface area contributed by atoms with E-state index in [2.05, 4.69) is 34.7 Å². The van der Waals surface area contributed by atoms with Crippen LogP contribution in [0.2, 0.25) is 0 Å². The molecule has 1 aliphatic carbocycles. The maximum absolute atomic E-state index is 4.05. The van der Waals surface area contributed by atoms with Gasteiger partial charge in [-0.05, 0) is 22.8 Å². The Hall–Kier alpha value is -0.970. The van der Waals surface area contributed by atoms with E-state index in [4.69, 9.17) is 0 Å². The van der Waals surface area contributed by atoms with Crippen molar-refractivity contribution in [1.29, 1.82) is 0 Å². The highest BCUT2D eigenvalue weighted by Crippen LogP contribution is 2.29. The van der Waals surface area contributed by atoms with Crippen molar-refractivity contribution in [2.45, 2.75) is 58.7 Å². The number of aryl methyl sites for hydroxylation is 1. The van der Waals surface area contributed by atoms with Gasteiger partial charge in [0, 0.05) is 12.6 Å². The van der Waals surface area contributed by atoms with E-state index in [9.17, 15) is 0 Å². The van der Waals surface area contributed by atoms with Gasteiger partial charge >= 0.3 is 0 Å². The van der Waals surface area contributed by atoms with Crippen LogP contribution in [0.5, 0.6) is 0 Å². The molecule has 0 unspecified atom stereocenters. The third kappa shape index (κ3) is 3.01. The minimum atomic E-state index is 0.469. The van der Waals surface area contributed by atoms with Crippen LogP contribution in [0.1, 0.15) is 45.4 Å². The van der Waals surface area contributed by atoms with Gasteiger partial charge in [-0.1, -0.05) is 33.1 Å². The molecule has 5 heteroatoms. The molecule has 0 radical (unpaired) electrons. The Balaban J connectivity index is 1.80. The SMILES string of the molecule is CC(C)NCc1nnnn1CCC1CCC1. The topological polar surface area (TPSA) is 55.6 Å². The van der Waals surface area contributed by atoms with E-state index in [1.54, 1.807) is 0 Å². The zero-order valence-electron chi connectivity index (χ0n) is 10.2. The van der Waals surface area contributed by atoms with Crippen molar-refractivity contribution < 1.29 is 0 Å². The summed E-state index contributed by atoms with van der Waals surface area (Å²) in [5, 5.41) is 15.2. The predicted octanol–water partition coefficient (Wildman–Crippen LogP) is 1.36. The van der Waals surface area contributed by atoms with Crippen LogP contribution in [-0.2, 0) is 13.1 Å². The smallest absolute Gasteiger partial charge is 0.165 e. The van der Waals surface area contributed by atoms with Crippen molar-refractivity contribution >= 4 is 0 Å². The second-order valence-corrected chi connectivity index (χ2v) is 4.94. The summed E-state index contributed by atoms with van der Waals surface area (Å²) in [5.41, 5.74) is 0. The van der Waals surface area contributed by atoms with E-state index in [-0.39, 0.29) is 0 Å². The van der Waals surface area contributed by atoms with Gasteiger partial charge in [0.15, 0.2) is 5.82 Å². The highest BCUT2D eigenvalue weighted by molar-refractivity contribution is 4.81. The third-order valence-corrected chi connectivity index (χ3v) is 3.25. The lowest BCUT2D eigenvalue weighted by molar-refractivity contribution is 0.275. The second kappa shape index (κ2) is 5.39. The summed E-state index contributed by atoms with van der Waals surface area (Å²) in [6.45, 7) is 5.98. The molecule has 1 heterocycles. The number of aromatic nitrogens is 4. The molecular formula is C11H21N5. The van der Waals surface area contributed by atoms with Crippen LogP contribution in [0.15, 0.2) is 0 Å². The Labute approximate surface area is 96.6 Å². The number of nitrogens with zero attached hydrogens (tertiary/aromatic N) is 4. The molecule has 2 rings (SSSR count). The summed E-state index contributed by atoms with van der Waals surface area (Å²) in [6.07, 6.45) is 5.41. The Morgan fingerprint density at radius 1 is 1.44 bits per heavy atom. The van der Waals surface area contributed by atoms with Crippen LogP contribution in [0.3, 0.4) is 0 Å². The fraction of sp³-hybridized carbons (Fsp3) is 0.909. The highest BCUT2D eigenvalue weighted by Gasteiger charge is 2.17. The molecule has 0 spiro atoms. The predicted molar refractivity (Wildman–Crippen MR) is 61.8 cm³/mol. The first kappa shape index (κ1) is 11.5. The molecule has 0 aliphatic heterocycles. The quantitative estimate of drug-likeness (QED) is 0.791. The van der Waals surface area contributed by atoms with Crippen molar-refractivity contribution in [3.05, 3.63) is 5.82 Å². The number of rotatable bonds is 6.